The summed E-state index contributed by atoms with van der Waals surface area (Å²) in [6.07, 6.45) is 5.28. The van der Waals surface area contributed by atoms with Gasteiger partial charge in [-0.05, 0) is 30.5 Å². The Labute approximate surface area is 108 Å². The van der Waals surface area contributed by atoms with Crippen molar-refractivity contribution >= 4 is 0 Å². The van der Waals surface area contributed by atoms with E-state index in [-0.39, 0.29) is 12.0 Å². The van der Waals surface area contributed by atoms with Gasteiger partial charge in [-0.3, -0.25) is 0 Å². The molecule has 18 heavy (non-hydrogen) atoms. The molecular formula is C16H19NO. The number of hydrogen-bond acceptors (Lipinski definition) is 2. The summed E-state index contributed by atoms with van der Waals surface area (Å²) < 4.78 is 5.48. The highest BCUT2D eigenvalue weighted by Gasteiger charge is 2.21. The molecule has 1 heterocycles. The van der Waals surface area contributed by atoms with Gasteiger partial charge in [0, 0.05) is 12.0 Å². The van der Waals surface area contributed by atoms with E-state index in [1.54, 1.807) is 6.26 Å². The second-order valence-corrected chi connectivity index (χ2v) is 4.50. The molecule has 0 amide bonds. The molecule has 2 rings (SSSR count). The third-order valence-corrected chi connectivity index (χ3v) is 3.16. The summed E-state index contributed by atoms with van der Waals surface area (Å²) in [7, 11) is 0. The van der Waals surface area contributed by atoms with Gasteiger partial charge in [-0.15, -0.1) is 6.58 Å². The zero-order valence-corrected chi connectivity index (χ0v) is 10.5. The molecule has 0 saturated carbocycles. The average molecular weight is 241 g/mol. The van der Waals surface area contributed by atoms with Gasteiger partial charge in [0.2, 0.25) is 0 Å². The molecule has 94 valence electrons. The molecule has 1 aromatic heterocycles. The van der Waals surface area contributed by atoms with Gasteiger partial charge < -0.3 is 10.2 Å². The first kappa shape index (κ1) is 12.7. The topological polar surface area (TPSA) is 39.2 Å². The minimum atomic E-state index is 0.0385. The van der Waals surface area contributed by atoms with Crippen LogP contribution in [-0.2, 0) is 6.42 Å². The summed E-state index contributed by atoms with van der Waals surface area (Å²) in [5, 5.41) is 0. The summed E-state index contributed by atoms with van der Waals surface area (Å²) in [5.41, 5.74) is 7.57. The van der Waals surface area contributed by atoms with E-state index >= 15 is 0 Å². The van der Waals surface area contributed by atoms with Crippen molar-refractivity contribution in [2.75, 3.05) is 0 Å². The molecule has 0 aliphatic carbocycles. The van der Waals surface area contributed by atoms with Crippen molar-refractivity contribution in [2.45, 2.75) is 24.8 Å². The summed E-state index contributed by atoms with van der Waals surface area (Å²) >= 11 is 0. The molecule has 0 radical (unpaired) electrons. The van der Waals surface area contributed by atoms with E-state index in [4.69, 9.17) is 10.2 Å². The van der Waals surface area contributed by atoms with Crippen LogP contribution in [0.2, 0.25) is 0 Å². The first-order valence-corrected chi connectivity index (χ1v) is 6.25. The largest absolute Gasteiger partial charge is 0.469 e. The molecule has 1 aromatic carbocycles. The highest BCUT2D eigenvalue weighted by Crippen LogP contribution is 2.25. The molecule has 2 N–H and O–H groups in total. The van der Waals surface area contributed by atoms with Crippen molar-refractivity contribution in [1.29, 1.82) is 0 Å². The van der Waals surface area contributed by atoms with E-state index in [2.05, 4.69) is 18.7 Å². The maximum atomic E-state index is 6.32. The highest BCUT2D eigenvalue weighted by atomic mass is 16.3. The van der Waals surface area contributed by atoms with Crippen LogP contribution in [0.4, 0.5) is 0 Å². The SMILES string of the molecule is C=CCC(c1ccco1)C(N)Cc1ccccc1. The van der Waals surface area contributed by atoms with Gasteiger partial charge >= 0.3 is 0 Å². The number of nitrogens with two attached hydrogens (primary N) is 1. The smallest absolute Gasteiger partial charge is 0.108 e. The third kappa shape index (κ3) is 3.11. The second kappa shape index (κ2) is 6.22. The molecule has 2 unspecified atom stereocenters. The fourth-order valence-electron chi connectivity index (χ4n) is 2.21. The first-order chi connectivity index (χ1) is 8.81. The Hall–Kier alpha value is -1.80. The van der Waals surface area contributed by atoms with Crippen molar-refractivity contribution in [3.63, 3.8) is 0 Å². The fourth-order valence-corrected chi connectivity index (χ4v) is 2.21. The van der Waals surface area contributed by atoms with Crippen LogP contribution in [0.5, 0.6) is 0 Å². The van der Waals surface area contributed by atoms with Gasteiger partial charge in [-0.25, -0.2) is 0 Å². The summed E-state index contributed by atoms with van der Waals surface area (Å²) in [6.45, 7) is 3.80. The minimum absolute atomic E-state index is 0.0385. The van der Waals surface area contributed by atoms with Crippen LogP contribution in [-0.4, -0.2) is 6.04 Å². The Bertz CT molecular complexity index is 461. The molecule has 0 aliphatic rings. The van der Waals surface area contributed by atoms with Crippen molar-refractivity contribution in [1.82, 2.24) is 0 Å². The predicted molar refractivity (Wildman–Crippen MR) is 74.4 cm³/mol. The Balaban J connectivity index is 2.09. The lowest BCUT2D eigenvalue weighted by Gasteiger charge is -2.21. The summed E-state index contributed by atoms with van der Waals surface area (Å²) in [4.78, 5) is 0. The zero-order valence-electron chi connectivity index (χ0n) is 10.5. The summed E-state index contributed by atoms with van der Waals surface area (Å²) in [6, 6.07) is 14.2. The normalized spacial score (nSPS) is 14.1. The van der Waals surface area contributed by atoms with Gasteiger partial charge in [-0.2, -0.15) is 0 Å². The van der Waals surface area contributed by atoms with E-state index < -0.39 is 0 Å². The van der Waals surface area contributed by atoms with Crippen LogP contribution in [0.15, 0.2) is 65.8 Å². The molecule has 0 saturated heterocycles. The van der Waals surface area contributed by atoms with E-state index in [0.29, 0.717) is 0 Å². The van der Waals surface area contributed by atoms with E-state index in [0.717, 1.165) is 18.6 Å². The standard InChI is InChI=1S/C16H19NO/c1-2-7-14(16-10-6-11-18-16)15(17)12-13-8-4-3-5-9-13/h2-6,8-11,14-15H,1,7,12,17H2. The van der Waals surface area contributed by atoms with Gasteiger partial charge in [0.1, 0.15) is 5.76 Å². The lowest BCUT2D eigenvalue weighted by atomic mass is 9.89. The maximum absolute atomic E-state index is 6.32. The first-order valence-electron chi connectivity index (χ1n) is 6.25. The van der Waals surface area contributed by atoms with Crippen molar-refractivity contribution < 1.29 is 4.42 Å². The van der Waals surface area contributed by atoms with Gasteiger partial charge in [0.15, 0.2) is 0 Å². The van der Waals surface area contributed by atoms with E-state index in [9.17, 15) is 0 Å². The van der Waals surface area contributed by atoms with Crippen LogP contribution in [0.3, 0.4) is 0 Å². The van der Waals surface area contributed by atoms with Crippen molar-refractivity contribution in [3.05, 3.63) is 72.7 Å². The van der Waals surface area contributed by atoms with Crippen molar-refractivity contribution in [3.8, 4) is 0 Å². The molecule has 0 fully saturated rings. The van der Waals surface area contributed by atoms with Crippen molar-refractivity contribution in [2.24, 2.45) is 5.73 Å². The zero-order chi connectivity index (χ0) is 12.8. The number of furan rings is 1. The molecule has 2 atom stereocenters. The Morgan fingerprint density at radius 2 is 1.94 bits per heavy atom. The summed E-state index contributed by atoms with van der Waals surface area (Å²) in [5.74, 6) is 1.14. The van der Waals surface area contributed by atoms with Crippen LogP contribution in [0.1, 0.15) is 23.7 Å². The second-order valence-electron chi connectivity index (χ2n) is 4.50. The average Bonchev–Trinajstić information content (AvgIpc) is 2.90. The van der Waals surface area contributed by atoms with Crippen LogP contribution in [0, 0.1) is 0 Å². The molecule has 2 aromatic rings. The molecule has 2 nitrogen and oxygen atoms in total. The van der Waals surface area contributed by atoms with Crippen LogP contribution in [0.25, 0.3) is 0 Å². The highest BCUT2D eigenvalue weighted by molar-refractivity contribution is 5.18. The minimum Gasteiger partial charge on any atom is -0.469 e. The lowest BCUT2D eigenvalue weighted by molar-refractivity contribution is 0.415. The Morgan fingerprint density at radius 1 is 1.17 bits per heavy atom. The number of allylic oxidation sites excluding steroid dienone is 1. The Morgan fingerprint density at radius 3 is 2.56 bits per heavy atom. The molecular weight excluding hydrogens is 222 g/mol. The van der Waals surface area contributed by atoms with E-state index in [1.807, 2.05) is 36.4 Å². The monoisotopic (exact) mass is 241 g/mol. The predicted octanol–water partition coefficient (Wildman–Crippen LogP) is 3.51. The number of rotatable bonds is 6. The quantitative estimate of drug-likeness (QED) is 0.786. The van der Waals surface area contributed by atoms with Crippen LogP contribution >= 0.6 is 0 Å². The van der Waals surface area contributed by atoms with Gasteiger partial charge in [0.25, 0.3) is 0 Å². The van der Waals surface area contributed by atoms with Gasteiger partial charge in [-0.1, -0.05) is 36.4 Å². The molecule has 0 bridgehead atoms. The van der Waals surface area contributed by atoms with Gasteiger partial charge in [0.05, 0.1) is 6.26 Å². The number of hydrogen-bond donors (Lipinski definition) is 1. The lowest BCUT2D eigenvalue weighted by Crippen LogP contribution is -2.30. The van der Waals surface area contributed by atoms with E-state index in [1.165, 1.54) is 5.56 Å². The third-order valence-electron chi connectivity index (χ3n) is 3.16. The molecule has 0 aliphatic heterocycles. The molecule has 0 spiro atoms. The Kier molecular flexibility index (Phi) is 4.37. The van der Waals surface area contributed by atoms with Crippen LogP contribution < -0.4 is 5.73 Å². The fraction of sp³-hybridized carbons (Fsp3) is 0.250. The molecule has 2 heteroatoms. The number of benzene rings is 1. The maximum Gasteiger partial charge on any atom is 0.108 e.